The third kappa shape index (κ3) is 12.9. The molecule has 0 bridgehead atoms. The Hall–Kier alpha value is -1.34. The quantitative estimate of drug-likeness (QED) is 0.0521. The van der Waals surface area contributed by atoms with Gasteiger partial charge in [-0.05, 0) is 118 Å². The molecule has 4 heterocycles. The summed E-state index contributed by atoms with van der Waals surface area (Å²) in [7, 11) is 0. The summed E-state index contributed by atoms with van der Waals surface area (Å²) in [6.07, 6.45) is -30.9. The van der Waals surface area contributed by atoms with Gasteiger partial charge in [0.25, 0.3) is 0 Å². The molecule has 0 aromatic rings. The molecule has 4 saturated heterocycles. The summed E-state index contributed by atoms with van der Waals surface area (Å²) in [6, 6.07) is 0. The number of rotatable bonds is 20. The van der Waals surface area contributed by atoms with Crippen LogP contribution in [0.5, 0.6) is 0 Å². The van der Waals surface area contributed by atoms with Crippen molar-refractivity contribution in [3.05, 3.63) is 11.6 Å². The first-order valence-electron chi connectivity index (χ1n) is 31.8. The van der Waals surface area contributed by atoms with Gasteiger partial charge in [0.1, 0.15) is 110 Å². The van der Waals surface area contributed by atoms with Gasteiger partial charge >= 0.3 is 0 Å². The fraction of sp³-hybridized carbons (Fsp3) is 0.967. The summed E-state index contributed by atoms with van der Waals surface area (Å²) in [6.45, 7) is 13.6. The van der Waals surface area contributed by atoms with Crippen LogP contribution in [0, 0.1) is 51.2 Å². The molecule has 88 heavy (non-hydrogen) atoms. The van der Waals surface area contributed by atoms with E-state index >= 15 is 0 Å². The minimum atomic E-state index is -1.93. The second-order valence-electron chi connectivity index (χ2n) is 29.1. The van der Waals surface area contributed by atoms with Crippen molar-refractivity contribution < 1.29 is 135 Å². The molecule has 510 valence electrons. The fourth-order valence-electron chi connectivity index (χ4n) is 17.5. The van der Waals surface area contributed by atoms with Gasteiger partial charge in [-0.1, -0.05) is 53.2 Å². The Morgan fingerprint density at radius 2 is 1.08 bits per heavy atom. The topological polar surface area (TPSA) is 447 Å². The first-order chi connectivity index (χ1) is 41.2. The molecule has 34 atom stereocenters. The molecule has 3 unspecified atom stereocenters. The zero-order valence-electron chi connectivity index (χ0n) is 51.8. The number of ether oxygens (including phenoxy) is 9. The molecule has 8 fully saturated rings. The van der Waals surface area contributed by atoms with E-state index in [9.17, 15) is 91.9 Å². The van der Waals surface area contributed by atoms with E-state index in [0.29, 0.717) is 18.8 Å². The molecule has 0 aromatic heterocycles. The van der Waals surface area contributed by atoms with E-state index < -0.39 is 209 Å². The van der Waals surface area contributed by atoms with Gasteiger partial charge < -0.3 is 135 Å². The van der Waals surface area contributed by atoms with Crippen molar-refractivity contribution >= 4 is 0 Å². The number of hydrogen-bond acceptors (Lipinski definition) is 27. The summed E-state index contributed by atoms with van der Waals surface area (Å²) < 4.78 is 54.5. The predicted molar refractivity (Wildman–Crippen MR) is 302 cm³/mol. The summed E-state index contributed by atoms with van der Waals surface area (Å²) >= 11 is 0. The summed E-state index contributed by atoms with van der Waals surface area (Å²) in [5.41, 5.74) is -1.14. The molecule has 9 aliphatic rings. The van der Waals surface area contributed by atoms with Crippen molar-refractivity contribution in [3.8, 4) is 0 Å². The number of hydrogen-bond donors (Lipinski definition) is 18. The minimum absolute atomic E-state index is 0.0655. The first-order valence-corrected chi connectivity index (χ1v) is 31.8. The Labute approximate surface area is 513 Å². The lowest BCUT2D eigenvalue weighted by Gasteiger charge is -2.66. The Morgan fingerprint density at radius 3 is 1.69 bits per heavy atom. The highest BCUT2D eigenvalue weighted by Crippen LogP contribution is 2.75. The highest BCUT2D eigenvalue weighted by atomic mass is 16.8. The molecular weight excluding hydrogens is 1160 g/mol. The van der Waals surface area contributed by atoms with E-state index in [1.165, 1.54) is 5.57 Å². The van der Waals surface area contributed by atoms with Crippen LogP contribution in [0.1, 0.15) is 120 Å². The van der Waals surface area contributed by atoms with Gasteiger partial charge in [-0.15, -0.1) is 0 Å². The summed E-state index contributed by atoms with van der Waals surface area (Å²) in [5, 5.41) is 193. The van der Waals surface area contributed by atoms with E-state index in [0.717, 1.165) is 38.5 Å². The first kappa shape index (κ1) is 71.0. The van der Waals surface area contributed by atoms with Gasteiger partial charge in [0.15, 0.2) is 25.2 Å². The van der Waals surface area contributed by atoms with Crippen molar-refractivity contribution in [2.45, 2.75) is 285 Å². The normalized spacial score (nSPS) is 51.4. The van der Waals surface area contributed by atoms with Crippen LogP contribution in [0.15, 0.2) is 11.6 Å². The molecule has 0 amide bonds. The van der Waals surface area contributed by atoms with Crippen molar-refractivity contribution in [1.29, 1.82) is 0 Å². The minimum Gasteiger partial charge on any atom is -0.396 e. The van der Waals surface area contributed by atoms with Crippen LogP contribution in [0.25, 0.3) is 0 Å². The van der Waals surface area contributed by atoms with Crippen LogP contribution in [0.3, 0.4) is 0 Å². The van der Waals surface area contributed by atoms with Gasteiger partial charge in [0.05, 0.1) is 56.4 Å². The van der Waals surface area contributed by atoms with Gasteiger partial charge in [-0.2, -0.15) is 0 Å². The molecule has 27 heteroatoms. The molecule has 5 aliphatic carbocycles. The Balaban J connectivity index is 0.872. The predicted octanol–water partition coefficient (Wildman–Crippen LogP) is -3.71. The summed E-state index contributed by atoms with van der Waals surface area (Å²) in [4.78, 5) is 0. The third-order valence-electron chi connectivity index (χ3n) is 23.4. The molecular formula is C61H104O27. The maximum atomic E-state index is 11.9. The van der Waals surface area contributed by atoms with Crippen LogP contribution in [0.4, 0.5) is 0 Å². The second kappa shape index (κ2) is 27.4. The van der Waals surface area contributed by atoms with Crippen molar-refractivity contribution in [2.75, 3.05) is 33.0 Å². The lowest BCUT2D eigenvalue weighted by Crippen LogP contribution is -2.65. The average molecular weight is 1270 g/mol. The molecule has 27 nitrogen and oxygen atoms in total. The van der Waals surface area contributed by atoms with E-state index in [2.05, 4.69) is 47.6 Å². The van der Waals surface area contributed by atoms with E-state index in [4.69, 9.17) is 42.6 Å². The molecule has 0 spiro atoms. The van der Waals surface area contributed by atoms with Crippen LogP contribution in [-0.4, -0.2) is 290 Å². The lowest BCUT2D eigenvalue weighted by atomic mass is 9.39. The molecule has 9 rings (SSSR count). The molecule has 0 aromatic carbocycles. The maximum Gasteiger partial charge on any atom is 0.187 e. The number of fused-ring (bicyclic) bond motifs is 5. The third-order valence-corrected chi connectivity index (χ3v) is 23.4. The average Bonchev–Trinajstić information content (AvgIpc) is 1.34. The van der Waals surface area contributed by atoms with Gasteiger partial charge in [-0.25, -0.2) is 0 Å². The van der Waals surface area contributed by atoms with E-state index in [-0.39, 0.29) is 46.8 Å². The highest BCUT2D eigenvalue weighted by molar-refractivity contribution is 5.30. The Morgan fingerprint density at radius 1 is 0.534 bits per heavy atom. The van der Waals surface area contributed by atoms with Crippen LogP contribution >= 0.6 is 0 Å². The van der Waals surface area contributed by atoms with Crippen LogP contribution in [-0.2, 0) is 42.6 Å². The Kier molecular flexibility index (Phi) is 22.1. The fourth-order valence-corrected chi connectivity index (χ4v) is 17.5. The largest absolute Gasteiger partial charge is 0.396 e. The zero-order chi connectivity index (χ0) is 64.7. The van der Waals surface area contributed by atoms with Crippen molar-refractivity contribution in [3.63, 3.8) is 0 Å². The van der Waals surface area contributed by atoms with Gasteiger partial charge in [0.2, 0.25) is 0 Å². The number of aliphatic hydroxyl groups excluding tert-OH is 17. The molecule has 0 radical (unpaired) electrons. The van der Waals surface area contributed by atoms with Crippen LogP contribution < -0.4 is 0 Å². The maximum absolute atomic E-state index is 11.9. The monoisotopic (exact) mass is 1270 g/mol. The second-order valence-corrected chi connectivity index (χ2v) is 29.1. The number of aliphatic hydroxyl groups is 18. The molecule has 18 N–H and O–H groups in total. The summed E-state index contributed by atoms with van der Waals surface area (Å²) in [5.74, 6) is 0.0395. The highest BCUT2D eigenvalue weighted by Gasteiger charge is 2.68. The van der Waals surface area contributed by atoms with E-state index in [1.807, 2.05) is 0 Å². The molecule has 4 saturated carbocycles. The van der Waals surface area contributed by atoms with Crippen molar-refractivity contribution in [2.24, 2.45) is 51.2 Å². The Bertz CT molecular complexity index is 2300. The standard InChI is InChI=1S/C61H104O27/c1-25(9-13-37(58(4,5)79)87-56-52(88-55-49(77)45(73)41(69)32(22-64)83-55)46(74)42(70)34(85-56)24-80-53-48(76)44(72)40(68)31(21-63)82-53)27-15-16-61(8)35-12-10-28-29(59(35,6)17-18-60(27,61)7)11-14-36(57(28,2)3)86-54-50(78)47(75)51(33(23-65)84-54)81-30-19-26(20-62)38(66)43(71)39(30)67/h10,25-27,29-56,62-79H,9,11-24H2,1-8H3/t25-,26-,27?,29?,30-,31-,32+,33-,34-,35?,36+,37-,38-,39+,40-,41+,42-,43+,44+,45-,46+,47-,48-,49+,50-,51-,52-,53-,54+,55-,56+,59+,60-,61+/m1/s1. The van der Waals surface area contributed by atoms with Gasteiger partial charge in [0, 0.05) is 17.9 Å². The smallest absolute Gasteiger partial charge is 0.187 e. The van der Waals surface area contributed by atoms with E-state index in [1.54, 1.807) is 13.8 Å². The SMILES string of the molecule is C[C@H](CC[C@@H](O[C@@H]1O[C@H](CO[C@@H]2O[C@H](CO)[C@@H](O)[C@H](O)[C@H]2O)[C@@H](O)[C@H](O)[C@H]1O[C@H]1O[C@@H](CO)[C@H](O)[C@@H](O)[C@@H]1O)C(C)(C)O)C1CC[C@@]2(C)C3CC=C4C(CC[C@H](O[C@@H]5O[C@H](CO)[C@@H](O[C@@H]6C[C@H](CO)[C@@H](O)[C@H](O)[C@H]6O)[C@H](O)[C@H]5O)C4(C)C)[C@]3(C)CC[C@]12C. The zero-order valence-corrected chi connectivity index (χ0v) is 51.8. The van der Waals surface area contributed by atoms with Crippen molar-refractivity contribution in [1.82, 2.24) is 0 Å². The lowest BCUT2D eigenvalue weighted by molar-refractivity contribution is -0.380. The number of allylic oxidation sites excluding steroid dienone is 1. The molecule has 4 aliphatic heterocycles. The van der Waals surface area contributed by atoms with Crippen LogP contribution in [0.2, 0.25) is 0 Å². The van der Waals surface area contributed by atoms with Gasteiger partial charge in [-0.3, -0.25) is 0 Å².